The highest BCUT2D eigenvalue weighted by atomic mass is 16.5. The lowest BCUT2D eigenvalue weighted by Gasteiger charge is -2.13. The van der Waals surface area contributed by atoms with Gasteiger partial charge in [0, 0.05) is 6.04 Å². The van der Waals surface area contributed by atoms with Crippen molar-refractivity contribution in [2.24, 2.45) is 5.84 Å². The van der Waals surface area contributed by atoms with Crippen LogP contribution in [0.4, 0.5) is 0 Å². The van der Waals surface area contributed by atoms with Gasteiger partial charge in [-0.2, -0.15) is 0 Å². The molecule has 3 N–H and O–H groups in total. The highest BCUT2D eigenvalue weighted by Gasteiger charge is 2.03. The van der Waals surface area contributed by atoms with E-state index in [-0.39, 0.29) is 12.1 Å². The lowest BCUT2D eigenvalue weighted by Crippen LogP contribution is -2.25. The molecule has 3 nitrogen and oxygen atoms in total. The molecule has 1 atom stereocenters. The monoisotopic (exact) mass is 194 g/mol. The maximum absolute atomic E-state index is 5.53. The molecule has 1 rings (SSSR count). The van der Waals surface area contributed by atoms with Gasteiger partial charge >= 0.3 is 0 Å². The summed E-state index contributed by atoms with van der Waals surface area (Å²) in [5.74, 6) is 6.24. The topological polar surface area (TPSA) is 47.3 Å². The van der Waals surface area contributed by atoms with Gasteiger partial charge in [-0.15, -0.1) is 0 Å². The van der Waals surface area contributed by atoms with Crippen molar-refractivity contribution >= 4 is 0 Å². The summed E-state index contributed by atoms with van der Waals surface area (Å²) in [6.07, 6.45) is 0.214. The Morgan fingerprint density at radius 2 is 1.71 bits per heavy atom. The Balaban J connectivity index is 2.68. The van der Waals surface area contributed by atoms with Crippen molar-refractivity contribution in [3.63, 3.8) is 0 Å². The molecule has 0 radical (unpaired) electrons. The first kappa shape index (κ1) is 11.0. The van der Waals surface area contributed by atoms with Crippen LogP contribution in [0.3, 0.4) is 0 Å². The maximum atomic E-state index is 5.53. The summed E-state index contributed by atoms with van der Waals surface area (Å²) < 4.78 is 5.53. The number of hydrazine groups is 1. The van der Waals surface area contributed by atoms with Gasteiger partial charge in [0.2, 0.25) is 0 Å². The van der Waals surface area contributed by atoms with Crippen molar-refractivity contribution in [3.8, 4) is 5.75 Å². The minimum atomic E-state index is 0.170. The van der Waals surface area contributed by atoms with Crippen molar-refractivity contribution < 1.29 is 4.74 Å². The number of nitrogens with two attached hydrogens (primary N) is 1. The molecule has 0 fully saturated rings. The minimum Gasteiger partial charge on any atom is -0.491 e. The summed E-state index contributed by atoms with van der Waals surface area (Å²) in [4.78, 5) is 0. The average Bonchev–Trinajstić information content (AvgIpc) is 2.17. The summed E-state index contributed by atoms with van der Waals surface area (Å²) >= 11 is 0. The molecule has 0 saturated heterocycles. The van der Waals surface area contributed by atoms with Gasteiger partial charge < -0.3 is 4.74 Å². The lowest BCUT2D eigenvalue weighted by atomic mass is 10.1. The van der Waals surface area contributed by atoms with Gasteiger partial charge in [0.1, 0.15) is 5.75 Å². The third kappa shape index (κ3) is 3.01. The molecular formula is C11H18N2O. The normalized spacial score (nSPS) is 12.9. The van der Waals surface area contributed by atoms with Gasteiger partial charge in [0.15, 0.2) is 0 Å². The Labute approximate surface area is 85.2 Å². The van der Waals surface area contributed by atoms with Crippen LogP contribution in [-0.4, -0.2) is 6.10 Å². The fourth-order valence-corrected chi connectivity index (χ4v) is 1.20. The lowest BCUT2D eigenvalue weighted by molar-refractivity contribution is 0.242. The molecule has 0 aliphatic carbocycles. The summed E-state index contributed by atoms with van der Waals surface area (Å²) in [6.45, 7) is 6.04. The third-order valence-corrected chi connectivity index (χ3v) is 2.00. The van der Waals surface area contributed by atoms with E-state index in [1.807, 2.05) is 45.0 Å². The van der Waals surface area contributed by atoms with Crippen LogP contribution in [0.25, 0.3) is 0 Å². The molecule has 3 heteroatoms. The first-order chi connectivity index (χ1) is 6.63. The van der Waals surface area contributed by atoms with E-state index in [1.54, 1.807) is 0 Å². The molecule has 0 aliphatic rings. The van der Waals surface area contributed by atoms with Crippen molar-refractivity contribution in [2.75, 3.05) is 0 Å². The zero-order valence-electron chi connectivity index (χ0n) is 8.95. The molecule has 1 unspecified atom stereocenters. The van der Waals surface area contributed by atoms with Gasteiger partial charge in [-0.1, -0.05) is 12.1 Å². The van der Waals surface area contributed by atoms with Crippen molar-refractivity contribution in [2.45, 2.75) is 32.9 Å². The van der Waals surface area contributed by atoms with Crippen LogP contribution in [0.1, 0.15) is 32.4 Å². The number of benzene rings is 1. The minimum absolute atomic E-state index is 0.170. The van der Waals surface area contributed by atoms with Crippen LogP contribution in [0.5, 0.6) is 5.75 Å². The van der Waals surface area contributed by atoms with E-state index < -0.39 is 0 Å². The highest BCUT2D eigenvalue weighted by molar-refractivity contribution is 5.28. The zero-order chi connectivity index (χ0) is 10.6. The van der Waals surface area contributed by atoms with E-state index in [0.717, 1.165) is 11.3 Å². The van der Waals surface area contributed by atoms with Gasteiger partial charge in [0.25, 0.3) is 0 Å². The summed E-state index contributed by atoms with van der Waals surface area (Å²) in [5, 5.41) is 0. The average molecular weight is 194 g/mol. The molecule has 0 heterocycles. The molecule has 0 aliphatic heterocycles. The molecule has 1 aromatic carbocycles. The molecule has 0 saturated carbocycles. The second kappa shape index (κ2) is 4.98. The van der Waals surface area contributed by atoms with E-state index in [0.29, 0.717) is 0 Å². The van der Waals surface area contributed by atoms with Crippen LogP contribution in [0.15, 0.2) is 24.3 Å². The summed E-state index contributed by atoms with van der Waals surface area (Å²) in [7, 11) is 0. The summed E-state index contributed by atoms with van der Waals surface area (Å²) in [6, 6.07) is 8.12. The molecule has 0 bridgehead atoms. The van der Waals surface area contributed by atoms with Crippen LogP contribution >= 0.6 is 0 Å². The first-order valence-corrected chi connectivity index (χ1v) is 4.86. The van der Waals surface area contributed by atoms with Crippen LogP contribution < -0.4 is 16.0 Å². The molecule has 1 aromatic rings. The van der Waals surface area contributed by atoms with Gasteiger partial charge in [0.05, 0.1) is 6.10 Å². The number of ether oxygens (including phenoxy) is 1. The fourth-order valence-electron chi connectivity index (χ4n) is 1.20. The molecular weight excluding hydrogens is 176 g/mol. The number of rotatable bonds is 4. The second-order valence-corrected chi connectivity index (χ2v) is 3.62. The molecule has 78 valence electrons. The molecule has 14 heavy (non-hydrogen) atoms. The Morgan fingerprint density at radius 3 is 2.14 bits per heavy atom. The Kier molecular flexibility index (Phi) is 3.92. The highest BCUT2D eigenvalue weighted by Crippen LogP contribution is 2.17. The maximum Gasteiger partial charge on any atom is 0.119 e. The van der Waals surface area contributed by atoms with E-state index in [4.69, 9.17) is 10.6 Å². The molecule has 0 amide bonds. The second-order valence-electron chi connectivity index (χ2n) is 3.62. The Bertz CT molecular complexity index is 269. The van der Waals surface area contributed by atoms with E-state index >= 15 is 0 Å². The van der Waals surface area contributed by atoms with Crippen molar-refractivity contribution in [1.82, 2.24) is 5.43 Å². The van der Waals surface area contributed by atoms with E-state index in [1.165, 1.54) is 0 Å². The SMILES string of the molecule is CC(C)Oc1ccc(C(C)NN)cc1. The quantitative estimate of drug-likeness (QED) is 0.569. The third-order valence-electron chi connectivity index (χ3n) is 2.00. The Morgan fingerprint density at radius 1 is 1.14 bits per heavy atom. The first-order valence-electron chi connectivity index (χ1n) is 4.86. The standard InChI is InChI=1S/C11H18N2O/c1-8(2)14-11-6-4-10(5-7-11)9(3)13-12/h4-9,13H,12H2,1-3H3. The van der Waals surface area contributed by atoms with Crippen LogP contribution in [-0.2, 0) is 0 Å². The van der Waals surface area contributed by atoms with Gasteiger partial charge in [-0.25, -0.2) is 0 Å². The largest absolute Gasteiger partial charge is 0.491 e. The predicted octanol–water partition coefficient (Wildman–Crippen LogP) is 2.00. The number of nitrogens with one attached hydrogen (secondary N) is 1. The number of hydrogen-bond donors (Lipinski definition) is 2. The number of hydrogen-bond acceptors (Lipinski definition) is 3. The van der Waals surface area contributed by atoms with Crippen molar-refractivity contribution in [3.05, 3.63) is 29.8 Å². The smallest absolute Gasteiger partial charge is 0.119 e. The van der Waals surface area contributed by atoms with Crippen LogP contribution in [0, 0.1) is 0 Å². The molecule has 0 spiro atoms. The van der Waals surface area contributed by atoms with E-state index in [9.17, 15) is 0 Å². The fraction of sp³-hybridized carbons (Fsp3) is 0.455. The van der Waals surface area contributed by atoms with Crippen LogP contribution in [0.2, 0.25) is 0 Å². The zero-order valence-corrected chi connectivity index (χ0v) is 8.95. The van der Waals surface area contributed by atoms with Gasteiger partial charge in [-0.05, 0) is 38.5 Å². The molecule has 0 aromatic heterocycles. The van der Waals surface area contributed by atoms with Gasteiger partial charge in [-0.3, -0.25) is 11.3 Å². The Hall–Kier alpha value is -1.06. The summed E-state index contributed by atoms with van der Waals surface area (Å²) in [5.41, 5.74) is 3.86. The van der Waals surface area contributed by atoms with E-state index in [2.05, 4.69) is 5.43 Å². The van der Waals surface area contributed by atoms with Crippen molar-refractivity contribution in [1.29, 1.82) is 0 Å². The predicted molar refractivity (Wildman–Crippen MR) is 57.9 cm³/mol.